The molecule has 1 amide bonds. The summed E-state index contributed by atoms with van der Waals surface area (Å²) in [5.41, 5.74) is 1.17. The zero-order valence-electron chi connectivity index (χ0n) is 16.0. The number of ether oxygens (including phenoxy) is 1. The number of hydrogen-bond donors (Lipinski definition) is 1. The molecule has 0 bridgehead atoms. The van der Waals surface area contributed by atoms with Crippen molar-refractivity contribution in [3.05, 3.63) is 60.7 Å². The molecular formula is C20H21N7O2. The van der Waals surface area contributed by atoms with Crippen molar-refractivity contribution in [1.29, 1.82) is 0 Å². The van der Waals surface area contributed by atoms with Crippen LogP contribution in [0.3, 0.4) is 0 Å². The Kier molecular flexibility index (Phi) is 5.46. The minimum Gasteiger partial charge on any atom is -0.497 e. The number of benzene rings is 1. The van der Waals surface area contributed by atoms with E-state index in [1.54, 1.807) is 42.7 Å². The first-order valence-corrected chi connectivity index (χ1v) is 9.28. The summed E-state index contributed by atoms with van der Waals surface area (Å²) in [7, 11) is 1.62. The lowest BCUT2D eigenvalue weighted by molar-refractivity contribution is 0.0740. The third-order valence-corrected chi connectivity index (χ3v) is 4.62. The average Bonchev–Trinajstić information content (AvgIpc) is 2.80. The zero-order chi connectivity index (χ0) is 20.1. The van der Waals surface area contributed by atoms with Crippen molar-refractivity contribution in [3.63, 3.8) is 0 Å². The molecule has 1 aromatic carbocycles. The molecule has 0 aliphatic carbocycles. The predicted octanol–water partition coefficient (Wildman–Crippen LogP) is 1.98. The molecule has 148 valence electrons. The van der Waals surface area contributed by atoms with Gasteiger partial charge in [0.1, 0.15) is 11.4 Å². The summed E-state index contributed by atoms with van der Waals surface area (Å²) in [4.78, 5) is 33.9. The highest BCUT2D eigenvalue weighted by molar-refractivity contribution is 5.92. The predicted molar refractivity (Wildman–Crippen MR) is 108 cm³/mol. The molecule has 4 rings (SSSR count). The molecule has 1 fully saturated rings. The maximum Gasteiger partial charge on any atom is 0.272 e. The van der Waals surface area contributed by atoms with Gasteiger partial charge in [0.05, 0.1) is 7.11 Å². The molecule has 29 heavy (non-hydrogen) atoms. The highest BCUT2D eigenvalue weighted by Crippen LogP contribution is 2.18. The Hall–Kier alpha value is -3.75. The fourth-order valence-corrected chi connectivity index (χ4v) is 3.07. The quantitative estimate of drug-likeness (QED) is 0.705. The lowest BCUT2D eigenvalue weighted by Gasteiger charge is -2.34. The summed E-state index contributed by atoms with van der Waals surface area (Å²) in [6.45, 7) is 2.53. The number of carbonyl (C=O) groups is 1. The summed E-state index contributed by atoms with van der Waals surface area (Å²) in [5.74, 6) is 1.71. The Morgan fingerprint density at radius 3 is 2.38 bits per heavy atom. The summed E-state index contributed by atoms with van der Waals surface area (Å²) in [6, 6.07) is 10.8. The Morgan fingerprint density at radius 1 is 0.966 bits per heavy atom. The number of hydrogen-bond acceptors (Lipinski definition) is 8. The van der Waals surface area contributed by atoms with E-state index < -0.39 is 0 Å². The van der Waals surface area contributed by atoms with Crippen molar-refractivity contribution in [2.45, 2.75) is 0 Å². The van der Waals surface area contributed by atoms with E-state index in [1.165, 1.54) is 0 Å². The minimum absolute atomic E-state index is 0.112. The third-order valence-electron chi connectivity index (χ3n) is 4.62. The van der Waals surface area contributed by atoms with Crippen LogP contribution >= 0.6 is 0 Å². The highest BCUT2D eigenvalue weighted by atomic mass is 16.5. The molecule has 0 unspecified atom stereocenters. The number of piperazine rings is 1. The highest BCUT2D eigenvalue weighted by Gasteiger charge is 2.24. The lowest BCUT2D eigenvalue weighted by atomic mass is 10.2. The van der Waals surface area contributed by atoms with Crippen LogP contribution in [-0.4, -0.2) is 64.0 Å². The van der Waals surface area contributed by atoms with Gasteiger partial charge in [-0.2, -0.15) is 0 Å². The fourth-order valence-electron chi connectivity index (χ4n) is 3.07. The van der Waals surface area contributed by atoms with Crippen LogP contribution in [0.1, 0.15) is 10.5 Å². The Balaban J connectivity index is 1.39. The molecule has 3 aromatic rings. The van der Waals surface area contributed by atoms with Crippen molar-refractivity contribution >= 4 is 23.5 Å². The average molecular weight is 391 g/mol. The first kappa shape index (κ1) is 18.6. The van der Waals surface area contributed by atoms with Crippen molar-refractivity contribution in [2.75, 3.05) is 43.5 Å². The van der Waals surface area contributed by atoms with Crippen LogP contribution in [0.2, 0.25) is 0 Å². The standard InChI is InChI=1S/C20H21N7O2/c1-29-16-5-3-15(4-6-16)24-19-21-10-7-17(25-19)18(28)26-11-13-27(14-12-26)20-22-8-2-9-23-20/h2-10H,11-14H2,1H3,(H,21,24,25). The molecule has 1 aliphatic rings. The molecule has 2 aromatic heterocycles. The van der Waals surface area contributed by atoms with Crippen LogP contribution in [-0.2, 0) is 0 Å². The summed E-state index contributed by atoms with van der Waals surface area (Å²) in [5, 5.41) is 3.11. The van der Waals surface area contributed by atoms with Crippen LogP contribution < -0.4 is 15.0 Å². The number of anilines is 3. The van der Waals surface area contributed by atoms with Gasteiger partial charge in [0.15, 0.2) is 0 Å². The third kappa shape index (κ3) is 4.40. The van der Waals surface area contributed by atoms with Gasteiger partial charge in [0.2, 0.25) is 11.9 Å². The fraction of sp³-hybridized carbons (Fsp3) is 0.250. The summed E-state index contributed by atoms with van der Waals surface area (Å²) >= 11 is 0. The van der Waals surface area contributed by atoms with Crippen molar-refractivity contribution in [1.82, 2.24) is 24.8 Å². The second kappa shape index (κ2) is 8.51. The van der Waals surface area contributed by atoms with E-state index in [0.717, 1.165) is 11.4 Å². The number of methoxy groups -OCH3 is 1. The van der Waals surface area contributed by atoms with E-state index >= 15 is 0 Å². The molecule has 1 N–H and O–H groups in total. The van der Waals surface area contributed by atoms with Crippen molar-refractivity contribution < 1.29 is 9.53 Å². The summed E-state index contributed by atoms with van der Waals surface area (Å²) < 4.78 is 5.15. The molecule has 0 spiro atoms. The first-order chi connectivity index (χ1) is 14.2. The first-order valence-electron chi connectivity index (χ1n) is 9.28. The minimum atomic E-state index is -0.112. The van der Waals surface area contributed by atoms with E-state index in [1.807, 2.05) is 24.3 Å². The number of amides is 1. The van der Waals surface area contributed by atoms with Crippen LogP contribution in [0.15, 0.2) is 55.0 Å². The molecule has 1 aliphatic heterocycles. The number of carbonyl (C=O) groups excluding carboxylic acids is 1. The zero-order valence-corrected chi connectivity index (χ0v) is 16.0. The van der Waals surface area contributed by atoms with Gasteiger partial charge in [-0.3, -0.25) is 4.79 Å². The van der Waals surface area contributed by atoms with Gasteiger partial charge in [-0.05, 0) is 36.4 Å². The van der Waals surface area contributed by atoms with E-state index in [4.69, 9.17) is 4.74 Å². The molecule has 1 saturated heterocycles. The Bertz CT molecular complexity index is 958. The number of aromatic nitrogens is 4. The van der Waals surface area contributed by atoms with Gasteiger partial charge in [0, 0.05) is 50.5 Å². The summed E-state index contributed by atoms with van der Waals surface area (Å²) in [6.07, 6.45) is 5.02. The van der Waals surface area contributed by atoms with Crippen molar-refractivity contribution in [2.24, 2.45) is 0 Å². The van der Waals surface area contributed by atoms with E-state index in [-0.39, 0.29) is 5.91 Å². The van der Waals surface area contributed by atoms with Gasteiger partial charge >= 0.3 is 0 Å². The van der Waals surface area contributed by atoms with Gasteiger partial charge in [-0.1, -0.05) is 0 Å². The van der Waals surface area contributed by atoms with Crippen LogP contribution in [0.5, 0.6) is 5.75 Å². The largest absolute Gasteiger partial charge is 0.497 e. The van der Waals surface area contributed by atoms with Gasteiger partial charge in [0.25, 0.3) is 5.91 Å². The topological polar surface area (TPSA) is 96.4 Å². The molecule has 9 heteroatoms. The van der Waals surface area contributed by atoms with Gasteiger partial charge in [-0.25, -0.2) is 19.9 Å². The van der Waals surface area contributed by atoms with Crippen LogP contribution in [0.25, 0.3) is 0 Å². The maximum atomic E-state index is 12.9. The lowest BCUT2D eigenvalue weighted by Crippen LogP contribution is -2.49. The Morgan fingerprint density at radius 2 is 1.69 bits per heavy atom. The van der Waals surface area contributed by atoms with Crippen LogP contribution in [0.4, 0.5) is 17.6 Å². The molecular weight excluding hydrogens is 370 g/mol. The Labute approximate surface area is 168 Å². The molecule has 0 saturated carbocycles. The second-order valence-electron chi connectivity index (χ2n) is 6.45. The van der Waals surface area contributed by atoms with E-state index in [0.29, 0.717) is 43.8 Å². The van der Waals surface area contributed by atoms with Crippen LogP contribution in [0, 0.1) is 0 Å². The van der Waals surface area contributed by atoms with E-state index in [9.17, 15) is 4.79 Å². The molecule has 0 atom stereocenters. The molecule has 0 radical (unpaired) electrons. The SMILES string of the molecule is COc1ccc(Nc2nccc(C(=O)N3CCN(c4ncccn4)CC3)n2)cc1. The number of rotatable bonds is 5. The monoisotopic (exact) mass is 391 g/mol. The van der Waals surface area contributed by atoms with Gasteiger partial charge < -0.3 is 19.9 Å². The number of nitrogens with one attached hydrogen (secondary N) is 1. The normalized spacial score (nSPS) is 13.8. The second-order valence-corrected chi connectivity index (χ2v) is 6.45. The van der Waals surface area contributed by atoms with Crippen molar-refractivity contribution in [3.8, 4) is 5.75 Å². The molecule has 9 nitrogen and oxygen atoms in total. The maximum absolute atomic E-state index is 12.9. The van der Waals surface area contributed by atoms with Gasteiger partial charge in [-0.15, -0.1) is 0 Å². The van der Waals surface area contributed by atoms with E-state index in [2.05, 4.69) is 30.2 Å². The smallest absolute Gasteiger partial charge is 0.272 e. The number of nitrogens with zero attached hydrogens (tertiary/aromatic N) is 6. The molecule has 3 heterocycles.